The lowest BCUT2D eigenvalue weighted by Crippen LogP contribution is -2.09. The van der Waals surface area contributed by atoms with Crippen molar-refractivity contribution in [1.82, 2.24) is 0 Å². The topological polar surface area (TPSA) is 92.1 Å². The molecule has 124 valence electrons. The van der Waals surface area contributed by atoms with Gasteiger partial charge in [0.05, 0.1) is 18.9 Å². The van der Waals surface area contributed by atoms with Crippen molar-refractivity contribution in [3.05, 3.63) is 29.8 Å². The molecule has 0 aliphatic rings. The molecule has 1 aromatic rings. The fourth-order valence-electron chi connectivity index (χ4n) is 1.84. The van der Waals surface area contributed by atoms with Crippen molar-refractivity contribution in [2.45, 2.75) is 19.3 Å². The van der Waals surface area contributed by atoms with E-state index >= 15 is 0 Å². The van der Waals surface area contributed by atoms with E-state index in [0.717, 1.165) is 42.8 Å². The Labute approximate surface area is 132 Å². The van der Waals surface area contributed by atoms with Crippen LogP contribution in [0.15, 0.2) is 29.4 Å². The predicted molar refractivity (Wildman–Crippen MR) is 88.9 cm³/mol. The van der Waals surface area contributed by atoms with Crippen molar-refractivity contribution in [2.24, 2.45) is 10.9 Å². The van der Waals surface area contributed by atoms with Crippen LogP contribution >= 0.6 is 0 Å². The smallest absolute Gasteiger partial charge is 0.129 e. The second-order valence-electron chi connectivity index (χ2n) is 4.84. The average molecular weight is 309 g/mol. The second-order valence-corrected chi connectivity index (χ2v) is 4.84. The largest absolute Gasteiger partial charge is 0.399 e. The van der Waals surface area contributed by atoms with E-state index in [0.29, 0.717) is 26.4 Å². The molecule has 0 atom stereocenters. The van der Waals surface area contributed by atoms with E-state index in [1.807, 2.05) is 24.3 Å². The van der Waals surface area contributed by atoms with Crippen molar-refractivity contribution >= 4 is 11.4 Å². The highest BCUT2D eigenvalue weighted by Gasteiger charge is 2.05. The quantitative estimate of drug-likeness (QED) is 0.266. The maximum absolute atomic E-state index is 5.71. The van der Waals surface area contributed by atoms with Gasteiger partial charge < -0.3 is 25.8 Å². The number of nitrogens with zero attached hydrogens (tertiary/aromatic N) is 1. The Morgan fingerprint density at radius 2 is 1.82 bits per heavy atom. The van der Waals surface area contributed by atoms with E-state index in [2.05, 4.69) is 5.16 Å². The van der Waals surface area contributed by atoms with Crippen LogP contribution in [-0.2, 0) is 14.3 Å². The number of unbranched alkanes of at least 4 members (excludes halogenated alkanes) is 1. The maximum atomic E-state index is 5.71. The Balaban J connectivity index is 2.42. The molecule has 0 saturated carbocycles. The minimum Gasteiger partial charge on any atom is -0.399 e. The van der Waals surface area contributed by atoms with Crippen molar-refractivity contribution in [1.29, 1.82) is 0 Å². The monoisotopic (exact) mass is 309 g/mol. The summed E-state index contributed by atoms with van der Waals surface area (Å²) in [6.07, 6.45) is 2.76. The van der Waals surface area contributed by atoms with Crippen LogP contribution in [0.5, 0.6) is 0 Å². The van der Waals surface area contributed by atoms with Crippen LogP contribution in [0.2, 0.25) is 0 Å². The highest BCUT2D eigenvalue weighted by atomic mass is 16.6. The summed E-state index contributed by atoms with van der Waals surface area (Å²) >= 11 is 0. The third kappa shape index (κ3) is 7.97. The van der Waals surface area contributed by atoms with E-state index in [-0.39, 0.29) is 0 Å². The molecule has 0 aliphatic carbocycles. The Morgan fingerprint density at radius 3 is 2.50 bits per heavy atom. The van der Waals surface area contributed by atoms with E-state index in [9.17, 15) is 0 Å². The molecule has 0 heterocycles. The number of oxime groups is 1. The van der Waals surface area contributed by atoms with Gasteiger partial charge in [-0.15, -0.1) is 0 Å². The van der Waals surface area contributed by atoms with Gasteiger partial charge in [0.15, 0.2) is 0 Å². The van der Waals surface area contributed by atoms with Crippen LogP contribution in [0.25, 0.3) is 0 Å². The number of hydrogen-bond donors (Lipinski definition) is 2. The van der Waals surface area contributed by atoms with Crippen LogP contribution in [-0.4, -0.2) is 45.8 Å². The summed E-state index contributed by atoms with van der Waals surface area (Å²) < 4.78 is 10.4. The Bertz CT molecular complexity index is 421. The van der Waals surface area contributed by atoms with Crippen LogP contribution in [0.3, 0.4) is 0 Å². The molecule has 0 amide bonds. The number of methoxy groups -OCH3 is 1. The van der Waals surface area contributed by atoms with E-state index < -0.39 is 0 Å². The van der Waals surface area contributed by atoms with Crippen LogP contribution in [0.4, 0.5) is 5.69 Å². The lowest BCUT2D eigenvalue weighted by molar-refractivity contribution is 0.0689. The zero-order valence-electron chi connectivity index (χ0n) is 13.3. The first-order valence-electron chi connectivity index (χ1n) is 7.59. The van der Waals surface area contributed by atoms with Gasteiger partial charge in [0.25, 0.3) is 0 Å². The van der Waals surface area contributed by atoms with E-state index in [1.54, 1.807) is 7.11 Å². The van der Waals surface area contributed by atoms with Crippen LogP contribution < -0.4 is 11.5 Å². The van der Waals surface area contributed by atoms with E-state index in [4.69, 9.17) is 25.8 Å². The van der Waals surface area contributed by atoms with Gasteiger partial charge in [0.2, 0.25) is 0 Å². The van der Waals surface area contributed by atoms with Gasteiger partial charge in [-0.05, 0) is 37.0 Å². The summed E-state index contributed by atoms with van der Waals surface area (Å²) in [4.78, 5) is 5.22. The Kier molecular flexibility index (Phi) is 10.0. The summed E-state index contributed by atoms with van der Waals surface area (Å²) in [7, 11) is 1.67. The number of anilines is 1. The summed E-state index contributed by atoms with van der Waals surface area (Å²) in [5.74, 6) is 0. The van der Waals surface area contributed by atoms with Gasteiger partial charge in [-0.2, -0.15) is 0 Å². The molecular weight excluding hydrogens is 282 g/mol. The van der Waals surface area contributed by atoms with Gasteiger partial charge in [-0.3, -0.25) is 0 Å². The highest BCUT2D eigenvalue weighted by molar-refractivity contribution is 6.00. The van der Waals surface area contributed by atoms with Crippen molar-refractivity contribution in [3.8, 4) is 0 Å². The third-order valence-corrected chi connectivity index (χ3v) is 3.01. The lowest BCUT2D eigenvalue weighted by Gasteiger charge is -2.08. The molecule has 0 bridgehead atoms. The molecule has 1 aromatic carbocycles. The molecule has 0 radical (unpaired) electrons. The van der Waals surface area contributed by atoms with Crippen molar-refractivity contribution < 1.29 is 14.3 Å². The molecule has 0 saturated heterocycles. The number of nitrogens with two attached hydrogens (primary N) is 2. The SMILES string of the molecule is COCCOCCCCC(=NOCCN)c1ccc(N)cc1. The third-order valence-electron chi connectivity index (χ3n) is 3.01. The van der Waals surface area contributed by atoms with Crippen molar-refractivity contribution in [3.63, 3.8) is 0 Å². The molecule has 0 aliphatic heterocycles. The number of benzene rings is 1. The lowest BCUT2D eigenvalue weighted by atomic mass is 10.0. The van der Waals surface area contributed by atoms with E-state index in [1.165, 1.54) is 0 Å². The fraction of sp³-hybridized carbons (Fsp3) is 0.562. The maximum Gasteiger partial charge on any atom is 0.129 e. The van der Waals surface area contributed by atoms with Crippen LogP contribution in [0, 0.1) is 0 Å². The molecule has 22 heavy (non-hydrogen) atoms. The summed E-state index contributed by atoms with van der Waals surface area (Å²) in [6, 6.07) is 7.63. The summed E-state index contributed by atoms with van der Waals surface area (Å²) in [5, 5.41) is 4.20. The molecule has 1 rings (SSSR count). The number of nitrogen functional groups attached to an aromatic ring is 1. The first kappa shape index (κ1) is 18.4. The number of ether oxygens (including phenoxy) is 2. The average Bonchev–Trinajstić information content (AvgIpc) is 2.53. The zero-order valence-corrected chi connectivity index (χ0v) is 13.3. The molecule has 4 N–H and O–H groups in total. The minimum absolute atomic E-state index is 0.415. The number of hydrogen-bond acceptors (Lipinski definition) is 6. The standard InChI is InChI=1S/C16H27N3O3/c1-20-12-13-21-10-3-2-4-16(19-22-11-9-17)14-5-7-15(18)8-6-14/h5-8H,2-4,9-13,17-18H2,1H3. The van der Waals surface area contributed by atoms with Crippen molar-refractivity contribution in [2.75, 3.05) is 45.8 Å². The number of rotatable bonds is 12. The predicted octanol–water partition coefficient (Wildman–Crippen LogP) is 1.78. The van der Waals surface area contributed by atoms with Gasteiger partial charge in [-0.1, -0.05) is 17.3 Å². The second kappa shape index (κ2) is 12.0. The summed E-state index contributed by atoms with van der Waals surface area (Å²) in [6.45, 7) is 2.85. The molecular formula is C16H27N3O3. The minimum atomic E-state index is 0.415. The molecule has 6 nitrogen and oxygen atoms in total. The first-order chi connectivity index (χ1) is 10.8. The van der Waals surface area contributed by atoms with Gasteiger partial charge in [-0.25, -0.2) is 0 Å². The van der Waals surface area contributed by atoms with Gasteiger partial charge >= 0.3 is 0 Å². The molecule has 0 fully saturated rings. The Hall–Kier alpha value is -1.63. The molecule has 0 spiro atoms. The molecule has 0 unspecified atom stereocenters. The van der Waals surface area contributed by atoms with Gasteiger partial charge in [0.1, 0.15) is 6.61 Å². The summed E-state index contributed by atoms with van der Waals surface area (Å²) in [5.41, 5.74) is 13.8. The fourth-order valence-corrected chi connectivity index (χ4v) is 1.84. The zero-order chi connectivity index (χ0) is 16.0. The Morgan fingerprint density at radius 1 is 1.05 bits per heavy atom. The normalized spacial score (nSPS) is 11.6. The molecule has 6 heteroatoms. The van der Waals surface area contributed by atoms with Crippen LogP contribution in [0.1, 0.15) is 24.8 Å². The first-order valence-corrected chi connectivity index (χ1v) is 7.59. The highest BCUT2D eigenvalue weighted by Crippen LogP contribution is 2.12. The van der Waals surface area contributed by atoms with Gasteiger partial charge in [0, 0.05) is 25.9 Å². The molecule has 0 aromatic heterocycles.